The second-order valence-corrected chi connectivity index (χ2v) is 6.18. The molecule has 0 amide bonds. The molecule has 106 valence electrons. The highest BCUT2D eigenvalue weighted by Gasteiger charge is 2.21. The molecule has 3 rings (SSSR count). The zero-order valence-electron chi connectivity index (χ0n) is 12.2. The Labute approximate surface area is 115 Å². The summed E-state index contributed by atoms with van der Waals surface area (Å²) < 4.78 is 2.37. The van der Waals surface area contributed by atoms with Crippen molar-refractivity contribution in [3.05, 3.63) is 11.6 Å². The molecule has 1 atom stereocenters. The van der Waals surface area contributed by atoms with Crippen LogP contribution in [0.5, 0.6) is 0 Å². The van der Waals surface area contributed by atoms with Gasteiger partial charge in [-0.05, 0) is 19.4 Å². The Morgan fingerprint density at radius 2 is 1.95 bits per heavy atom. The van der Waals surface area contributed by atoms with Gasteiger partial charge in [0, 0.05) is 52.1 Å². The topological polar surface area (TPSA) is 37.2 Å². The normalized spacial score (nSPS) is 25.5. The summed E-state index contributed by atoms with van der Waals surface area (Å²) in [5, 5.41) is 8.76. The van der Waals surface area contributed by atoms with E-state index >= 15 is 0 Å². The molecule has 2 aliphatic rings. The molecule has 0 radical (unpaired) electrons. The van der Waals surface area contributed by atoms with E-state index in [9.17, 15) is 0 Å². The Morgan fingerprint density at radius 3 is 2.74 bits per heavy atom. The molecule has 3 heterocycles. The van der Waals surface area contributed by atoms with Crippen molar-refractivity contribution >= 4 is 0 Å². The number of aromatic nitrogens is 3. The van der Waals surface area contributed by atoms with Crippen molar-refractivity contribution in [3.63, 3.8) is 0 Å². The van der Waals surface area contributed by atoms with E-state index in [-0.39, 0.29) is 0 Å². The highest BCUT2D eigenvalue weighted by molar-refractivity contribution is 5.00. The van der Waals surface area contributed by atoms with Crippen LogP contribution in [0.2, 0.25) is 0 Å². The third kappa shape index (κ3) is 2.98. The van der Waals surface area contributed by atoms with Crippen LogP contribution >= 0.6 is 0 Å². The molecule has 0 aliphatic carbocycles. The van der Waals surface area contributed by atoms with Crippen LogP contribution in [-0.4, -0.2) is 64.3 Å². The minimum atomic E-state index is 0.769. The first kappa shape index (κ1) is 13.1. The van der Waals surface area contributed by atoms with Crippen molar-refractivity contribution in [1.82, 2.24) is 24.6 Å². The van der Waals surface area contributed by atoms with Crippen LogP contribution in [0.25, 0.3) is 0 Å². The number of hydrogen-bond acceptors (Lipinski definition) is 4. The van der Waals surface area contributed by atoms with Gasteiger partial charge in [-0.15, -0.1) is 10.2 Å². The quantitative estimate of drug-likeness (QED) is 0.802. The van der Waals surface area contributed by atoms with E-state index in [2.05, 4.69) is 38.5 Å². The van der Waals surface area contributed by atoms with Crippen molar-refractivity contribution < 1.29 is 0 Å². The lowest BCUT2D eigenvalue weighted by Crippen LogP contribution is -2.45. The monoisotopic (exact) mass is 263 g/mol. The first-order valence-corrected chi connectivity index (χ1v) is 7.54. The number of piperazine rings is 1. The molecule has 0 aromatic carbocycles. The predicted octanol–water partition coefficient (Wildman–Crippen LogP) is 0.650. The van der Waals surface area contributed by atoms with Gasteiger partial charge in [0.2, 0.25) is 0 Å². The summed E-state index contributed by atoms with van der Waals surface area (Å²) in [6.07, 6.45) is 3.41. The fraction of sp³-hybridized carbons (Fsp3) is 0.857. The average Bonchev–Trinajstić information content (AvgIpc) is 2.80. The molecule has 1 aromatic heterocycles. The van der Waals surface area contributed by atoms with E-state index < -0.39 is 0 Å². The van der Waals surface area contributed by atoms with Gasteiger partial charge in [-0.2, -0.15) is 0 Å². The molecule has 0 bridgehead atoms. The molecule has 19 heavy (non-hydrogen) atoms. The fourth-order valence-corrected chi connectivity index (χ4v) is 3.06. The lowest BCUT2D eigenvalue weighted by atomic mass is 10.0. The molecule has 5 nitrogen and oxygen atoms in total. The summed E-state index contributed by atoms with van der Waals surface area (Å²) in [4.78, 5) is 4.95. The highest BCUT2D eigenvalue weighted by Crippen LogP contribution is 2.19. The van der Waals surface area contributed by atoms with Gasteiger partial charge >= 0.3 is 0 Å². The van der Waals surface area contributed by atoms with E-state index in [1.54, 1.807) is 0 Å². The fourth-order valence-electron chi connectivity index (χ4n) is 3.06. The largest absolute Gasteiger partial charge is 0.315 e. The van der Waals surface area contributed by atoms with E-state index in [0.717, 1.165) is 31.8 Å². The van der Waals surface area contributed by atoms with Gasteiger partial charge in [0.05, 0.1) is 0 Å². The molecular weight excluding hydrogens is 238 g/mol. The van der Waals surface area contributed by atoms with Crippen LogP contribution in [0, 0.1) is 5.92 Å². The van der Waals surface area contributed by atoms with Gasteiger partial charge in [-0.3, -0.25) is 0 Å². The van der Waals surface area contributed by atoms with Crippen LogP contribution in [-0.2, 0) is 19.4 Å². The third-order valence-corrected chi connectivity index (χ3v) is 4.51. The molecule has 2 aliphatic heterocycles. The summed E-state index contributed by atoms with van der Waals surface area (Å²) >= 11 is 0. The average molecular weight is 263 g/mol. The lowest BCUT2D eigenvalue weighted by molar-refractivity contribution is 0.154. The first-order chi connectivity index (χ1) is 9.22. The van der Waals surface area contributed by atoms with Crippen molar-refractivity contribution in [2.24, 2.45) is 5.92 Å². The molecule has 1 unspecified atom stereocenters. The van der Waals surface area contributed by atoms with Gasteiger partial charge in [0.15, 0.2) is 0 Å². The summed E-state index contributed by atoms with van der Waals surface area (Å²) in [6, 6.07) is 0. The molecule has 1 saturated heterocycles. The molecule has 0 saturated carbocycles. The predicted molar refractivity (Wildman–Crippen MR) is 75.1 cm³/mol. The summed E-state index contributed by atoms with van der Waals surface area (Å²) in [6.45, 7) is 9.32. The Hall–Kier alpha value is -0.940. The maximum absolute atomic E-state index is 4.41. The molecule has 0 N–H and O–H groups in total. The minimum absolute atomic E-state index is 0.769. The number of aryl methyl sites for hydroxylation is 1. The van der Waals surface area contributed by atoms with Gasteiger partial charge < -0.3 is 14.4 Å². The lowest BCUT2D eigenvalue weighted by Gasteiger charge is -2.32. The van der Waals surface area contributed by atoms with Crippen LogP contribution in [0.15, 0.2) is 0 Å². The van der Waals surface area contributed by atoms with Crippen molar-refractivity contribution in [2.75, 3.05) is 39.8 Å². The van der Waals surface area contributed by atoms with Crippen LogP contribution < -0.4 is 0 Å². The smallest absolute Gasteiger partial charge is 0.134 e. The van der Waals surface area contributed by atoms with E-state index in [4.69, 9.17) is 0 Å². The molecule has 1 fully saturated rings. The van der Waals surface area contributed by atoms with Crippen LogP contribution in [0.4, 0.5) is 0 Å². The SMILES string of the molecule is CC1CCc2nnc(CCN3CCN(C)CC3)n2C1. The zero-order valence-corrected chi connectivity index (χ0v) is 12.2. The Kier molecular flexibility index (Phi) is 3.84. The van der Waals surface area contributed by atoms with Crippen molar-refractivity contribution in [2.45, 2.75) is 32.7 Å². The summed E-state index contributed by atoms with van der Waals surface area (Å²) in [7, 11) is 2.20. The van der Waals surface area contributed by atoms with Gasteiger partial charge in [0.25, 0.3) is 0 Å². The Bertz CT molecular complexity index is 419. The van der Waals surface area contributed by atoms with Crippen LogP contribution in [0.1, 0.15) is 25.0 Å². The van der Waals surface area contributed by atoms with Crippen molar-refractivity contribution in [1.29, 1.82) is 0 Å². The molecule has 1 aromatic rings. The summed E-state index contributed by atoms with van der Waals surface area (Å²) in [5.74, 6) is 3.16. The van der Waals surface area contributed by atoms with Crippen LogP contribution in [0.3, 0.4) is 0 Å². The molecule has 0 spiro atoms. The van der Waals surface area contributed by atoms with Gasteiger partial charge in [0.1, 0.15) is 11.6 Å². The maximum Gasteiger partial charge on any atom is 0.134 e. The first-order valence-electron chi connectivity index (χ1n) is 7.54. The summed E-state index contributed by atoms with van der Waals surface area (Å²) in [5.41, 5.74) is 0. The molecular formula is C14H25N5. The van der Waals surface area contributed by atoms with E-state index in [1.165, 1.54) is 44.2 Å². The maximum atomic E-state index is 4.41. The van der Waals surface area contributed by atoms with E-state index in [1.807, 2.05) is 0 Å². The third-order valence-electron chi connectivity index (χ3n) is 4.51. The number of hydrogen-bond donors (Lipinski definition) is 0. The second kappa shape index (κ2) is 5.59. The number of fused-ring (bicyclic) bond motifs is 1. The number of rotatable bonds is 3. The van der Waals surface area contributed by atoms with E-state index in [0.29, 0.717) is 0 Å². The number of likely N-dealkylation sites (N-methyl/N-ethyl adjacent to an activating group) is 1. The Morgan fingerprint density at radius 1 is 1.16 bits per heavy atom. The van der Waals surface area contributed by atoms with Crippen molar-refractivity contribution in [3.8, 4) is 0 Å². The van der Waals surface area contributed by atoms with Gasteiger partial charge in [-0.1, -0.05) is 6.92 Å². The number of nitrogens with zero attached hydrogens (tertiary/aromatic N) is 5. The van der Waals surface area contributed by atoms with Gasteiger partial charge in [-0.25, -0.2) is 0 Å². The standard InChI is InChI=1S/C14H25N5/c1-12-3-4-13-15-16-14(19(13)11-12)5-6-18-9-7-17(2)8-10-18/h12H,3-11H2,1-2H3. The zero-order chi connectivity index (χ0) is 13.2. The minimum Gasteiger partial charge on any atom is -0.315 e. The second-order valence-electron chi connectivity index (χ2n) is 6.18. The highest BCUT2D eigenvalue weighted by atomic mass is 15.3. The molecule has 5 heteroatoms. The Balaban J connectivity index is 1.57.